The maximum atomic E-state index is 13.1. The maximum absolute atomic E-state index is 13.1. The summed E-state index contributed by atoms with van der Waals surface area (Å²) in [5.74, 6) is 0.475. The highest BCUT2D eigenvalue weighted by molar-refractivity contribution is 7.98. The van der Waals surface area contributed by atoms with Gasteiger partial charge in [-0.3, -0.25) is 4.79 Å². The van der Waals surface area contributed by atoms with E-state index in [4.69, 9.17) is 9.68 Å². The predicted octanol–water partition coefficient (Wildman–Crippen LogP) is 2.50. The molecule has 1 amide bonds. The lowest BCUT2D eigenvalue weighted by atomic mass is 10.1. The summed E-state index contributed by atoms with van der Waals surface area (Å²) >= 11 is 1.27. The molecule has 6 nitrogen and oxygen atoms in total. The van der Waals surface area contributed by atoms with Gasteiger partial charge in [0.25, 0.3) is 5.22 Å². The number of benzene rings is 1. The van der Waals surface area contributed by atoms with Crippen molar-refractivity contribution in [3.8, 4) is 6.07 Å². The number of amides is 1. The second-order valence-electron chi connectivity index (χ2n) is 5.08. The fourth-order valence-electron chi connectivity index (χ4n) is 2.31. The van der Waals surface area contributed by atoms with Crippen LogP contribution in [0.25, 0.3) is 0 Å². The summed E-state index contributed by atoms with van der Waals surface area (Å²) in [6, 6.07) is 6.05. The van der Waals surface area contributed by atoms with Crippen molar-refractivity contribution in [2.45, 2.75) is 30.4 Å². The Morgan fingerprint density at radius 2 is 2.30 bits per heavy atom. The summed E-state index contributed by atoms with van der Waals surface area (Å²) in [4.78, 5) is 13.3. The molecule has 0 aliphatic carbocycles. The molecule has 2 aromatic rings. The number of nitriles is 1. The topological polar surface area (TPSA) is 83.0 Å². The van der Waals surface area contributed by atoms with Crippen molar-refractivity contribution in [3.63, 3.8) is 0 Å². The second-order valence-corrected chi connectivity index (χ2v) is 6.01. The molecule has 1 aliphatic heterocycles. The molecule has 8 heteroatoms. The van der Waals surface area contributed by atoms with Crippen LogP contribution >= 0.6 is 11.8 Å². The number of likely N-dealkylation sites (tertiary alicyclic amines) is 1. The van der Waals surface area contributed by atoms with Gasteiger partial charge in [0.05, 0.1) is 18.2 Å². The average molecular weight is 332 g/mol. The van der Waals surface area contributed by atoms with Gasteiger partial charge in [0.15, 0.2) is 0 Å². The lowest BCUT2D eigenvalue weighted by Gasteiger charge is -2.11. The average Bonchev–Trinajstić information content (AvgIpc) is 3.16. The number of hydrogen-bond acceptors (Lipinski definition) is 6. The van der Waals surface area contributed by atoms with Crippen molar-refractivity contribution in [2.24, 2.45) is 0 Å². The van der Waals surface area contributed by atoms with Crippen LogP contribution < -0.4 is 0 Å². The third-order valence-electron chi connectivity index (χ3n) is 3.49. The Bertz CT molecular complexity index is 771. The first-order valence-electron chi connectivity index (χ1n) is 7.07. The third kappa shape index (κ3) is 3.68. The second kappa shape index (κ2) is 6.79. The van der Waals surface area contributed by atoms with E-state index >= 15 is 0 Å². The first-order chi connectivity index (χ1) is 11.2. The summed E-state index contributed by atoms with van der Waals surface area (Å²) in [6.45, 7) is 1.04. The van der Waals surface area contributed by atoms with Gasteiger partial charge in [-0.2, -0.15) is 5.26 Å². The highest BCUT2D eigenvalue weighted by Gasteiger charge is 2.22. The SMILES string of the molecule is N#Cc1cc(F)ccc1CSc1nnc(CN2CCCC2=O)o1. The van der Waals surface area contributed by atoms with Crippen LogP contribution in [0.2, 0.25) is 0 Å². The zero-order chi connectivity index (χ0) is 16.2. The van der Waals surface area contributed by atoms with Gasteiger partial charge in [-0.1, -0.05) is 17.8 Å². The van der Waals surface area contributed by atoms with Gasteiger partial charge >= 0.3 is 0 Å². The van der Waals surface area contributed by atoms with Gasteiger partial charge in [-0.05, 0) is 24.1 Å². The summed E-state index contributed by atoms with van der Waals surface area (Å²) < 4.78 is 18.6. The molecule has 1 aromatic carbocycles. The van der Waals surface area contributed by atoms with Crippen molar-refractivity contribution < 1.29 is 13.6 Å². The summed E-state index contributed by atoms with van der Waals surface area (Å²) in [5, 5.41) is 17.2. The summed E-state index contributed by atoms with van der Waals surface area (Å²) in [7, 11) is 0. The van der Waals surface area contributed by atoms with Gasteiger partial charge in [0, 0.05) is 18.7 Å². The quantitative estimate of drug-likeness (QED) is 0.782. The first kappa shape index (κ1) is 15.5. The van der Waals surface area contributed by atoms with Crippen molar-refractivity contribution in [2.75, 3.05) is 6.54 Å². The van der Waals surface area contributed by atoms with Gasteiger partial charge in [0.1, 0.15) is 5.82 Å². The molecule has 3 rings (SSSR count). The fourth-order valence-corrected chi connectivity index (χ4v) is 3.10. The summed E-state index contributed by atoms with van der Waals surface area (Å²) in [5.41, 5.74) is 0.994. The van der Waals surface area contributed by atoms with Crippen LogP contribution in [0.4, 0.5) is 4.39 Å². The lowest BCUT2D eigenvalue weighted by molar-refractivity contribution is -0.128. The molecule has 0 radical (unpaired) electrons. The van der Waals surface area contributed by atoms with E-state index in [0.717, 1.165) is 6.42 Å². The molecular formula is C15H13FN4O2S. The Balaban J connectivity index is 1.61. The van der Waals surface area contributed by atoms with Crippen LogP contribution in [0.15, 0.2) is 27.8 Å². The Morgan fingerprint density at radius 3 is 3.04 bits per heavy atom. The van der Waals surface area contributed by atoms with Crippen LogP contribution in [0.3, 0.4) is 0 Å². The van der Waals surface area contributed by atoms with E-state index in [1.165, 1.54) is 23.9 Å². The molecule has 1 fully saturated rings. The number of thioether (sulfide) groups is 1. The molecule has 0 saturated carbocycles. The first-order valence-corrected chi connectivity index (χ1v) is 8.06. The van der Waals surface area contributed by atoms with Crippen molar-refractivity contribution >= 4 is 17.7 Å². The van der Waals surface area contributed by atoms with Crippen LogP contribution in [0.5, 0.6) is 0 Å². The molecule has 0 atom stereocenters. The van der Waals surface area contributed by atoms with E-state index in [1.807, 2.05) is 6.07 Å². The molecule has 1 saturated heterocycles. The van der Waals surface area contributed by atoms with Crippen LogP contribution in [-0.2, 0) is 17.1 Å². The van der Waals surface area contributed by atoms with Gasteiger partial charge in [-0.25, -0.2) is 4.39 Å². The number of aromatic nitrogens is 2. The minimum atomic E-state index is -0.439. The normalized spacial score (nSPS) is 14.3. The molecule has 1 aromatic heterocycles. The van der Waals surface area contributed by atoms with E-state index in [1.54, 1.807) is 11.0 Å². The predicted molar refractivity (Wildman–Crippen MR) is 79.6 cm³/mol. The molecule has 1 aliphatic rings. The standard InChI is InChI=1S/C15H13FN4O2S/c16-12-4-3-10(11(6-12)7-17)9-23-15-19-18-13(22-15)8-20-5-1-2-14(20)21/h3-4,6H,1-2,5,8-9H2. The molecule has 0 unspecified atom stereocenters. The van der Waals surface area contributed by atoms with Crippen molar-refractivity contribution in [1.82, 2.24) is 15.1 Å². The number of carbonyl (C=O) groups excluding carboxylic acids is 1. The molecule has 2 heterocycles. The number of nitrogens with zero attached hydrogens (tertiary/aromatic N) is 4. The Labute approximate surface area is 136 Å². The zero-order valence-electron chi connectivity index (χ0n) is 12.2. The maximum Gasteiger partial charge on any atom is 0.276 e. The number of rotatable bonds is 5. The van der Waals surface area contributed by atoms with Gasteiger partial charge in [-0.15, -0.1) is 10.2 Å². The van der Waals surface area contributed by atoms with E-state index in [2.05, 4.69) is 10.2 Å². The van der Waals surface area contributed by atoms with E-state index < -0.39 is 5.82 Å². The minimum absolute atomic E-state index is 0.0994. The molecule has 0 N–H and O–H groups in total. The van der Waals surface area contributed by atoms with E-state index in [-0.39, 0.29) is 5.91 Å². The Morgan fingerprint density at radius 1 is 1.43 bits per heavy atom. The molecule has 0 bridgehead atoms. The number of hydrogen-bond donors (Lipinski definition) is 0. The molecular weight excluding hydrogens is 319 g/mol. The van der Waals surface area contributed by atoms with Crippen LogP contribution in [-0.4, -0.2) is 27.5 Å². The summed E-state index contributed by atoms with van der Waals surface area (Å²) in [6.07, 6.45) is 1.42. The zero-order valence-corrected chi connectivity index (χ0v) is 13.0. The minimum Gasteiger partial charge on any atom is -0.414 e. The van der Waals surface area contributed by atoms with Gasteiger partial charge < -0.3 is 9.32 Å². The third-order valence-corrected chi connectivity index (χ3v) is 4.36. The highest BCUT2D eigenvalue weighted by Crippen LogP contribution is 2.24. The fraction of sp³-hybridized carbons (Fsp3) is 0.333. The van der Waals surface area contributed by atoms with Crippen LogP contribution in [0, 0.1) is 17.1 Å². The monoisotopic (exact) mass is 332 g/mol. The molecule has 118 valence electrons. The van der Waals surface area contributed by atoms with Gasteiger partial charge in [0.2, 0.25) is 11.8 Å². The van der Waals surface area contributed by atoms with E-state index in [9.17, 15) is 9.18 Å². The highest BCUT2D eigenvalue weighted by atomic mass is 32.2. The largest absolute Gasteiger partial charge is 0.414 e. The number of halogens is 1. The van der Waals surface area contributed by atoms with Crippen molar-refractivity contribution in [3.05, 3.63) is 41.0 Å². The lowest BCUT2D eigenvalue weighted by Crippen LogP contribution is -2.23. The molecule has 23 heavy (non-hydrogen) atoms. The van der Waals surface area contributed by atoms with E-state index in [0.29, 0.717) is 47.5 Å². The smallest absolute Gasteiger partial charge is 0.276 e. The van der Waals surface area contributed by atoms with Crippen molar-refractivity contribution in [1.29, 1.82) is 5.26 Å². The Kier molecular flexibility index (Phi) is 4.57. The Hall–Kier alpha value is -2.40. The number of carbonyl (C=O) groups is 1. The van der Waals surface area contributed by atoms with Crippen LogP contribution in [0.1, 0.15) is 29.9 Å². The molecule has 0 spiro atoms.